The van der Waals surface area contributed by atoms with Crippen LogP contribution < -0.4 is 0 Å². The van der Waals surface area contributed by atoms with Gasteiger partial charge in [-0.1, -0.05) is 13.8 Å². The largest absolute Gasteiger partial charge is 0.393 e. The van der Waals surface area contributed by atoms with E-state index in [0.717, 1.165) is 0 Å². The van der Waals surface area contributed by atoms with E-state index in [1.807, 2.05) is 13.8 Å². The van der Waals surface area contributed by atoms with E-state index in [-0.39, 0.29) is 6.10 Å². The standard InChI is InChI=1S/C6H11FO.C2H6/c7-5-1-3-6(8)4-2-5;1-2/h5-6,8H,1-4H2;1-2H3. The van der Waals surface area contributed by atoms with Crippen molar-refractivity contribution in [3.05, 3.63) is 0 Å². The highest BCUT2D eigenvalue weighted by Gasteiger charge is 2.17. The lowest BCUT2D eigenvalue weighted by Gasteiger charge is -2.18. The van der Waals surface area contributed by atoms with Gasteiger partial charge in [0.1, 0.15) is 6.17 Å². The Bertz CT molecular complexity index is 57.7. The third-order valence-electron chi connectivity index (χ3n) is 1.63. The second-order valence-corrected chi connectivity index (χ2v) is 2.41. The summed E-state index contributed by atoms with van der Waals surface area (Å²) in [5.41, 5.74) is 0. The summed E-state index contributed by atoms with van der Waals surface area (Å²) in [7, 11) is 0. The normalized spacial score (nSPS) is 32.4. The van der Waals surface area contributed by atoms with Crippen LogP contribution in [0.5, 0.6) is 0 Å². The molecule has 1 aliphatic carbocycles. The second-order valence-electron chi connectivity index (χ2n) is 2.41. The second kappa shape index (κ2) is 5.66. The zero-order valence-electron chi connectivity index (χ0n) is 6.81. The van der Waals surface area contributed by atoms with Gasteiger partial charge in [0.2, 0.25) is 0 Å². The fourth-order valence-electron chi connectivity index (χ4n) is 1.04. The summed E-state index contributed by atoms with van der Waals surface area (Å²) in [6.45, 7) is 4.00. The van der Waals surface area contributed by atoms with Crippen LogP contribution in [0.4, 0.5) is 4.39 Å². The quantitative estimate of drug-likeness (QED) is 0.558. The van der Waals surface area contributed by atoms with Gasteiger partial charge in [-0.3, -0.25) is 0 Å². The van der Waals surface area contributed by atoms with Crippen molar-refractivity contribution in [2.24, 2.45) is 0 Å². The fraction of sp³-hybridized carbons (Fsp3) is 1.00. The molecule has 1 fully saturated rings. The Kier molecular flexibility index (Phi) is 5.60. The molecule has 1 rings (SSSR count). The van der Waals surface area contributed by atoms with Gasteiger partial charge in [-0.2, -0.15) is 0 Å². The van der Waals surface area contributed by atoms with Crippen molar-refractivity contribution < 1.29 is 9.50 Å². The van der Waals surface area contributed by atoms with Crippen molar-refractivity contribution in [3.8, 4) is 0 Å². The summed E-state index contributed by atoms with van der Waals surface area (Å²) in [5.74, 6) is 0. The third-order valence-corrected chi connectivity index (χ3v) is 1.63. The molecule has 62 valence electrons. The minimum atomic E-state index is -0.640. The summed E-state index contributed by atoms with van der Waals surface area (Å²) in [6, 6.07) is 0. The van der Waals surface area contributed by atoms with Crippen LogP contribution in [0.15, 0.2) is 0 Å². The summed E-state index contributed by atoms with van der Waals surface area (Å²) >= 11 is 0. The molecule has 0 saturated heterocycles. The zero-order chi connectivity index (χ0) is 7.98. The summed E-state index contributed by atoms with van der Waals surface area (Å²) in [6.07, 6.45) is 1.56. The highest BCUT2D eigenvalue weighted by molar-refractivity contribution is 4.69. The molecule has 0 amide bonds. The fourth-order valence-corrected chi connectivity index (χ4v) is 1.04. The molecule has 0 aromatic carbocycles. The molecule has 0 bridgehead atoms. The molecule has 0 aromatic heterocycles. The number of aliphatic hydroxyl groups is 1. The van der Waals surface area contributed by atoms with Crippen LogP contribution in [-0.2, 0) is 0 Å². The first-order chi connectivity index (χ1) is 4.79. The molecule has 2 heteroatoms. The molecular formula is C8H17FO. The Morgan fingerprint density at radius 3 is 1.80 bits per heavy atom. The lowest BCUT2D eigenvalue weighted by atomic mass is 9.96. The molecular weight excluding hydrogens is 131 g/mol. The first kappa shape index (κ1) is 9.89. The summed E-state index contributed by atoms with van der Waals surface area (Å²) in [4.78, 5) is 0. The monoisotopic (exact) mass is 148 g/mol. The molecule has 0 atom stereocenters. The van der Waals surface area contributed by atoms with E-state index in [4.69, 9.17) is 5.11 Å². The van der Waals surface area contributed by atoms with Gasteiger partial charge in [0.05, 0.1) is 6.10 Å². The topological polar surface area (TPSA) is 20.2 Å². The van der Waals surface area contributed by atoms with Gasteiger partial charge >= 0.3 is 0 Å². The lowest BCUT2D eigenvalue weighted by Crippen LogP contribution is -2.18. The Hall–Kier alpha value is -0.110. The maximum absolute atomic E-state index is 12.2. The van der Waals surface area contributed by atoms with Crippen molar-refractivity contribution in [2.45, 2.75) is 51.8 Å². The van der Waals surface area contributed by atoms with E-state index in [1.54, 1.807) is 0 Å². The van der Waals surface area contributed by atoms with E-state index in [9.17, 15) is 4.39 Å². The SMILES string of the molecule is CC.OC1CCC(F)CC1. The van der Waals surface area contributed by atoms with Crippen LogP contribution in [0.3, 0.4) is 0 Å². The molecule has 0 aromatic rings. The zero-order valence-corrected chi connectivity index (χ0v) is 6.81. The van der Waals surface area contributed by atoms with Gasteiger partial charge in [-0.05, 0) is 25.7 Å². The van der Waals surface area contributed by atoms with Crippen molar-refractivity contribution in [2.75, 3.05) is 0 Å². The predicted octanol–water partition coefficient (Wildman–Crippen LogP) is 2.29. The minimum Gasteiger partial charge on any atom is -0.393 e. The van der Waals surface area contributed by atoms with Crippen LogP contribution in [0.2, 0.25) is 0 Å². The van der Waals surface area contributed by atoms with Crippen LogP contribution in [-0.4, -0.2) is 17.4 Å². The average Bonchev–Trinajstić information content (AvgIpc) is 2.00. The Morgan fingerprint density at radius 2 is 1.50 bits per heavy atom. The van der Waals surface area contributed by atoms with E-state index in [1.165, 1.54) is 0 Å². The van der Waals surface area contributed by atoms with Gasteiger partial charge in [-0.15, -0.1) is 0 Å². The van der Waals surface area contributed by atoms with Gasteiger partial charge in [-0.25, -0.2) is 4.39 Å². The van der Waals surface area contributed by atoms with E-state index in [2.05, 4.69) is 0 Å². The van der Waals surface area contributed by atoms with Gasteiger partial charge in [0.25, 0.3) is 0 Å². The highest BCUT2D eigenvalue weighted by Crippen LogP contribution is 2.20. The first-order valence-corrected chi connectivity index (χ1v) is 4.11. The lowest BCUT2D eigenvalue weighted by molar-refractivity contribution is 0.0940. The van der Waals surface area contributed by atoms with E-state index >= 15 is 0 Å². The Balaban J connectivity index is 0.000000371. The molecule has 1 saturated carbocycles. The van der Waals surface area contributed by atoms with Crippen LogP contribution in [0.1, 0.15) is 39.5 Å². The van der Waals surface area contributed by atoms with E-state index < -0.39 is 6.17 Å². The maximum atomic E-state index is 12.2. The molecule has 1 nitrogen and oxygen atoms in total. The smallest absolute Gasteiger partial charge is 0.100 e. The van der Waals surface area contributed by atoms with Gasteiger partial charge in [0.15, 0.2) is 0 Å². The molecule has 1 N–H and O–H groups in total. The van der Waals surface area contributed by atoms with Crippen LogP contribution >= 0.6 is 0 Å². The molecule has 0 aliphatic heterocycles. The molecule has 0 spiro atoms. The van der Waals surface area contributed by atoms with Crippen LogP contribution in [0.25, 0.3) is 0 Å². The van der Waals surface area contributed by atoms with Crippen LogP contribution in [0, 0.1) is 0 Å². The summed E-state index contributed by atoms with van der Waals surface area (Å²) < 4.78 is 12.2. The molecule has 0 heterocycles. The van der Waals surface area contributed by atoms with Crippen molar-refractivity contribution >= 4 is 0 Å². The molecule has 1 aliphatic rings. The summed E-state index contributed by atoms with van der Waals surface area (Å²) in [5, 5.41) is 8.86. The number of aliphatic hydroxyl groups excluding tert-OH is 1. The highest BCUT2D eigenvalue weighted by atomic mass is 19.1. The predicted molar refractivity (Wildman–Crippen MR) is 40.7 cm³/mol. The van der Waals surface area contributed by atoms with E-state index in [0.29, 0.717) is 25.7 Å². The number of hydrogen-bond acceptors (Lipinski definition) is 1. The first-order valence-electron chi connectivity index (χ1n) is 4.11. The Morgan fingerprint density at radius 1 is 1.10 bits per heavy atom. The average molecular weight is 148 g/mol. The Labute approximate surface area is 62.3 Å². The maximum Gasteiger partial charge on any atom is 0.100 e. The van der Waals surface area contributed by atoms with Gasteiger partial charge in [0, 0.05) is 0 Å². The number of halogens is 1. The third kappa shape index (κ3) is 3.83. The number of alkyl halides is 1. The van der Waals surface area contributed by atoms with Crippen molar-refractivity contribution in [1.82, 2.24) is 0 Å². The molecule has 0 unspecified atom stereocenters. The van der Waals surface area contributed by atoms with Crippen molar-refractivity contribution in [3.63, 3.8) is 0 Å². The molecule has 0 radical (unpaired) electrons. The van der Waals surface area contributed by atoms with Gasteiger partial charge < -0.3 is 5.11 Å². The minimum absolute atomic E-state index is 0.220. The molecule has 10 heavy (non-hydrogen) atoms. The number of rotatable bonds is 0. The van der Waals surface area contributed by atoms with Crippen molar-refractivity contribution in [1.29, 1.82) is 0 Å². The number of hydrogen-bond donors (Lipinski definition) is 1.